The topological polar surface area (TPSA) is 93.4 Å². The summed E-state index contributed by atoms with van der Waals surface area (Å²) in [4.78, 5) is 18.1. The molecule has 0 aliphatic rings. The molecule has 0 spiro atoms. The van der Waals surface area contributed by atoms with Crippen molar-refractivity contribution in [1.29, 1.82) is 0 Å². The van der Waals surface area contributed by atoms with E-state index in [9.17, 15) is 4.79 Å². The number of rotatable bonds is 10. The minimum absolute atomic E-state index is 0.248. The van der Waals surface area contributed by atoms with Crippen LogP contribution in [0.4, 0.5) is 0 Å². The predicted molar refractivity (Wildman–Crippen MR) is 156 cm³/mol. The van der Waals surface area contributed by atoms with E-state index in [4.69, 9.17) is 28.8 Å². The van der Waals surface area contributed by atoms with Gasteiger partial charge in [0.15, 0.2) is 28.6 Å². The van der Waals surface area contributed by atoms with Crippen LogP contribution in [0.25, 0.3) is 34.2 Å². The van der Waals surface area contributed by atoms with Crippen molar-refractivity contribution in [3.05, 3.63) is 90.1 Å². The van der Waals surface area contributed by atoms with Crippen molar-refractivity contribution in [2.75, 3.05) is 35.5 Å². The van der Waals surface area contributed by atoms with Gasteiger partial charge in [0.05, 0.1) is 46.9 Å². The largest absolute Gasteiger partial charge is 0.493 e. The summed E-state index contributed by atoms with van der Waals surface area (Å²) in [6, 6.07) is 22.4. The fraction of sp³-hybridized carbons (Fsp3) is 0.156. The Kier molecular flexibility index (Phi) is 7.87. The van der Waals surface area contributed by atoms with Crippen molar-refractivity contribution >= 4 is 17.5 Å². The Bertz CT molecular complexity index is 1720. The Balaban J connectivity index is 1.64. The zero-order valence-electron chi connectivity index (χ0n) is 23.4. The van der Waals surface area contributed by atoms with Gasteiger partial charge >= 0.3 is 0 Å². The average molecular weight is 552 g/mol. The third kappa shape index (κ3) is 5.42. The number of hydrogen-bond donors (Lipinski definition) is 0. The van der Waals surface area contributed by atoms with E-state index in [1.165, 1.54) is 6.08 Å². The molecule has 0 saturated carbocycles. The van der Waals surface area contributed by atoms with Crippen molar-refractivity contribution in [2.45, 2.75) is 0 Å². The van der Waals surface area contributed by atoms with Gasteiger partial charge in [0.1, 0.15) is 5.69 Å². The van der Waals surface area contributed by atoms with Gasteiger partial charge in [-0.2, -0.15) is 5.10 Å². The van der Waals surface area contributed by atoms with Crippen molar-refractivity contribution in [1.82, 2.24) is 14.6 Å². The lowest BCUT2D eigenvalue weighted by Crippen LogP contribution is -2.05. The number of ketones is 1. The molecule has 0 bridgehead atoms. The molecule has 0 fully saturated rings. The molecule has 0 radical (unpaired) electrons. The molecule has 41 heavy (non-hydrogen) atoms. The third-order valence-corrected chi connectivity index (χ3v) is 6.54. The van der Waals surface area contributed by atoms with Crippen molar-refractivity contribution < 1.29 is 28.5 Å². The standard InChI is InChI=1S/C32H29N3O6/c1-37-27-14-12-20(15-28(27)38-2)11-13-26(36)24-18-25(22-16-29(39-3)32(41-5)30(17-22)40-4)35-31(33-24)19-23(34-35)21-9-7-6-8-10-21/h6-19H,1-5H3/b13-11+. The summed E-state index contributed by atoms with van der Waals surface area (Å²) in [5.41, 5.74) is 4.51. The van der Waals surface area contributed by atoms with Crippen LogP contribution in [-0.2, 0) is 0 Å². The summed E-state index contributed by atoms with van der Waals surface area (Å²) < 4.78 is 29.1. The molecule has 9 heteroatoms. The SMILES string of the molecule is COc1ccc(/C=C/C(=O)c2cc(-c3cc(OC)c(OC)c(OC)c3)n3nc(-c4ccccc4)cc3n2)cc1OC. The number of carbonyl (C=O) groups excluding carboxylic acids is 1. The summed E-state index contributed by atoms with van der Waals surface area (Å²) in [7, 11) is 7.79. The molecular formula is C32H29N3O6. The van der Waals surface area contributed by atoms with E-state index in [1.54, 1.807) is 64.3 Å². The molecule has 9 nitrogen and oxygen atoms in total. The highest BCUT2D eigenvalue weighted by Gasteiger charge is 2.19. The van der Waals surface area contributed by atoms with Crippen LogP contribution in [-0.4, -0.2) is 55.9 Å². The zero-order valence-corrected chi connectivity index (χ0v) is 23.4. The molecule has 0 aliphatic carbocycles. The second kappa shape index (κ2) is 11.8. The molecular weight excluding hydrogens is 522 g/mol. The fourth-order valence-corrected chi connectivity index (χ4v) is 4.50. The first-order valence-corrected chi connectivity index (χ1v) is 12.7. The van der Waals surface area contributed by atoms with Crippen molar-refractivity contribution in [3.8, 4) is 51.3 Å². The van der Waals surface area contributed by atoms with E-state index in [1.807, 2.05) is 54.6 Å². The van der Waals surface area contributed by atoms with Crippen LogP contribution in [0, 0.1) is 0 Å². The lowest BCUT2D eigenvalue weighted by atomic mass is 10.1. The average Bonchev–Trinajstić information content (AvgIpc) is 3.47. The van der Waals surface area contributed by atoms with Crippen molar-refractivity contribution in [2.24, 2.45) is 0 Å². The van der Waals surface area contributed by atoms with Crippen LogP contribution in [0.15, 0.2) is 78.9 Å². The molecule has 3 aromatic carbocycles. The smallest absolute Gasteiger partial charge is 0.204 e. The number of methoxy groups -OCH3 is 5. The number of ether oxygens (including phenoxy) is 5. The maximum absolute atomic E-state index is 13.4. The first-order valence-electron chi connectivity index (χ1n) is 12.7. The minimum Gasteiger partial charge on any atom is -0.493 e. The van der Waals surface area contributed by atoms with Crippen LogP contribution in [0.3, 0.4) is 0 Å². The molecule has 5 aromatic rings. The Morgan fingerprint density at radius 3 is 2.02 bits per heavy atom. The molecule has 0 saturated heterocycles. The van der Waals surface area contributed by atoms with Gasteiger partial charge in [-0.05, 0) is 42.0 Å². The van der Waals surface area contributed by atoms with Gasteiger partial charge in [0.25, 0.3) is 0 Å². The van der Waals surface area contributed by atoms with Crippen LogP contribution in [0.1, 0.15) is 16.1 Å². The number of nitrogens with zero attached hydrogens (tertiary/aromatic N) is 3. The van der Waals surface area contributed by atoms with E-state index < -0.39 is 0 Å². The number of aromatic nitrogens is 3. The van der Waals surface area contributed by atoms with Gasteiger partial charge in [0, 0.05) is 17.2 Å². The molecule has 0 N–H and O–H groups in total. The summed E-state index contributed by atoms with van der Waals surface area (Å²) in [5, 5.41) is 4.83. The molecule has 2 aromatic heterocycles. The molecule has 0 atom stereocenters. The summed E-state index contributed by atoms with van der Waals surface area (Å²) in [6.45, 7) is 0. The van der Waals surface area contributed by atoms with Crippen molar-refractivity contribution in [3.63, 3.8) is 0 Å². The van der Waals surface area contributed by atoms with E-state index in [-0.39, 0.29) is 11.5 Å². The fourth-order valence-electron chi connectivity index (χ4n) is 4.50. The minimum atomic E-state index is -0.279. The Labute approximate surface area is 237 Å². The lowest BCUT2D eigenvalue weighted by Gasteiger charge is -2.15. The van der Waals surface area contributed by atoms with Gasteiger partial charge in [0.2, 0.25) is 11.5 Å². The molecule has 0 unspecified atom stereocenters. The first kappa shape index (κ1) is 27.3. The Hall–Kier alpha value is -5.31. The molecule has 0 aliphatic heterocycles. The normalized spacial score (nSPS) is 11.0. The maximum Gasteiger partial charge on any atom is 0.204 e. The molecule has 208 valence electrons. The van der Waals surface area contributed by atoms with Gasteiger partial charge in [-0.1, -0.05) is 42.5 Å². The van der Waals surface area contributed by atoms with Gasteiger partial charge < -0.3 is 23.7 Å². The van der Waals surface area contributed by atoms with Crippen LogP contribution >= 0.6 is 0 Å². The van der Waals surface area contributed by atoms with E-state index in [0.717, 1.165) is 16.8 Å². The second-order valence-corrected chi connectivity index (χ2v) is 8.92. The maximum atomic E-state index is 13.4. The number of carbonyl (C=O) groups is 1. The monoisotopic (exact) mass is 551 g/mol. The lowest BCUT2D eigenvalue weighted by molar-refractivity contribution is 0.104. The third-order valence-electron chi connectivity index (χ3n) is 6.54. The number of hydrogen-bond acceptors (Lipinski definition) is 8. The van der Waals surface area contributed by atoms with Gasteiger partial charge in [-0.3, -0.25) is 4.79 Å². The van der Waals surface area contributed by atoms with E-state index in [2.05, 4.69) is 4.98 Å². The second-order valence-electron chi connectivity index (χ2n) is 8.92. The van der Waals surface area contributed by atoms with Gasteiger partial charge in [-0.15, -0.1) is 0 Å². The highest BCUT2D eigenvalue weighted by atomic mass is 16.5. The summed E-state index contributed by atoms with van der Waals surface area (Å²) in [6.07, 6.45) is 3.19. The summed E-state index contributed by atoms with van der Waals surface area (Å²) >= 11 is 0. The quantitative estimate of drug-likeness (QED) is 0.154. The van der Waals surface area contributed by atoms with E-state index in [0.29, 0.717) is 45.7 Å². The molecule has 0 amide bonds. The van der Waals surface area contributed by atoms with Crippen LogP contribution < -0.4 is 23.7 Å². The van der Waals surface area contributed by atoms with Gasteiger partial charge in [-0.25, -0.2) is 9.50 Å². The Morgan fingerprint density at radius 2 is 1.39 bits per heavy atom. The van der Waals surface area contributed by atoms with E-state index >= 15 is 0 Å². The highest BCUT2D eigenvalue weighted by molar-refractivity contribution is 6.06. The summed E-state index contributed by atoms with van der Waals surface area (Å²) in [5.74, 6) is 2.31. The van der Waals surface area contributed by atoms with Crippen LogP contribution in [0.2, 0.25) is 0 Å². The number of allylic oxidation sites excluding steroid dienone is 1. The number of fused-ring (bicyclic) bond motifs is 1. The highest BCUT2D eigenvalue weighted by Crippen LogP contribution is 2.41. The first-order chi connectivity index (χ1) is 20.0. The zero-order chi connectivity index (χ0) is 28.9. The molecule has 2 heterocycles. The van der Waals surface area contributed by atoms with Crippen LogP contribution in [0.5, 0.6) is 28.7 Å². The number of benzene rings is 3. The predicted octanol–water partition coefficient (Wildman–Crippen LogP) is 6.00. The Morgan fingerprint density at radius 1 is 0.707 bits per heavy atom. The molecule has 5 rings (SSSR count).